The van der Waals surface area contributed by atoms with Crippen molar-refractivity contribution in [1.29, 1.82) is 0 Å². The number of rotatable bonds is 5. The lowest BCUT2D eigenvalue weighted by Crippen LogP contribution is -2.56. The van der Waals surface area contributed by atoms with Crippen molar-refractivity contribution in [1.82, 2.24) is 10.2 Å². The van der Waals surface area contributed by atoms with Gasteiger partial charge >= 0.3 is 0 Å². The Kier molecular flexibility index (Phi) is 5.61. The molecule has 2 N–H and O–H groups in total. The molecular formula is C19H30N4S. The van der Waals surface area contributed by atoms with E-state index in [0.29, 0.717) is 6.04 Å². The second-order valence-electron chi connectivity index (χ2n) is 7.38. The smallest absolute Gasteiger partial charge is 0.170 e. The number of anilines is 2. The molecule has 1 aromatic carbocycles. The van der Waals surface area contributed by atoms with Gasteiger partial charge in [0.2, 0.25) is 0 Å². The van der Waals surface area contributed by atoms with Gasteiger partial charge in [0, 0.05) is 44.6 Å². The topological polar surface area (TPSA) is 30.5 Å². The normalized spacial score (nSPS) is 28.5. The van der Waals surface area contributed by atoms with Crippen LogP contribution in [0.2, 0.25) is 0 Å². The van der Waals surface area contributed by atoms with Gasteiger partial charge in [-0.1, -0.05) is 13.3 Å². The van der Waals surface area contributed by atoms with Crippen molar-refractivity contribution in [3.8, 4) is 0 Å². The van der Waals surface area contributed by atoms with Crippen LogP contribution in [-0.2, 0) is 0 Å². The molecule has 3 saturated heterocycles. The van der Waals surface area contributed by atoms with Crippen LogP contribution >= 0.6 is 12.2 Å². The van der Waals surface area contributed by atoms with Crippen molar-refractivity contribution < 1.29 is 0 Å². The molecule has 0 aromatic heterocycles. The van der Waals surface area contributed by atoms with Gasteiger partial charge < -0.3 is 15.5 Å². The summed E-state index contributed by atoms with van der Waals surface area (Å²) in [7, 11) is 4.09. The zero-order valence-electron chi connectivity index (χ0n) is 15.1. The minimum atomic E-state index is 0.641. The van der Waals surface area contributed by atoms with E-state index in [0.717, 1.165) is 29.2 Å². The molecule has 24 heavy (non-hydrogen) atoms. The third kappa shape index (κ3) is 4.01. The van der Waals surface area contributed by atoms with Gasteiger partial charge in [0.25, 0.3) is 0 Å². The highest BCUT2D eigenvalue weighted by molar-refractivity contribution is 7.80. The number of nitrogens with zero attached hydrogens (tertiary/aromatic N) is 2. The molecule has 5 heteroatoms. The first-order valence-corrected chi connectivity index (χ1v) is 9.54. The minimum absolute atomic E-state index is 0.641. The van der Waals surface area contributed by atoms with E-state index < -0.39 is 0 Å². The van der Waals surface area contributed by atoms with E-state index in [1.165, 1.54) is 38.0 Å². The maximum atomic E-state index is 5.47. The molecule has 1 aromatic rings. The molecule has 0 saturated carbocycles. The highest BCUT2D eigenvalue weighted by atomic mass is 32.1. The maximum absolute atomic E-state index is 5.47. The van der Waals surface area contributed by atoms with Gasteiger partial charge in [-0.2, -0.15) is 0 Å². The Labute approximate surface area is 151 Å². The number of benzene rings is 1. The van der Waals surface area contributed by atoms with Crippen LogP contribution in [0.3, 0.4) is 0 Å². The Morgan fingerprint density at radius 2 is 2.04 bits per heavy atom. The lowest BCUT2D eigenvalue weighted by molar-refractivity contribution is 0.00212. The average molecular weight is 347 g/mol. The Bertz CT molecular complexity index is 557. The highest BCUT2D eigenvalue weighted by Crippen LogP contribution is 2.37. The van der Waals surface area contributed by atoms with Crippen LogP contribution in [0.15, 0.2) is 24.3 Å². The van der Waals surface area contributed by atoms with Crippen LogP contribution in [-0.4, -0.2) is 49.8 Å². The molecule has 132 valence electrons. The molecule has 3 aliphatic rings. The van der Waals surface area contributed by atoms with Gasteiger partial charge in [-0.15, -0.1) is 0 Å². The van der Waals surface area contributed by atoms with Crippen molar-refractivity contribution in [2.45, 2.75) is 32.2 Å². The maximum Gasteiger partial charge on any atom is 0.170 e. The summed E-state index contributed by atoms with van der Waals surface area (Å²) in [5.41, 5.74) is 2.23. The summed E-state index contributed by atoms with van der Waals surface area (Å²) in [5.74, 6) is 1.84. The van der Waals surface area contributed by atoms with Crippen LogP contribution in [0.5, 0.6) is 0 Å². The van der Waals surface area contributed by atoms with Crippen LogP contribution in [0, 0.1) is 11.8 Å². The molecule has 3 heterocycles. The van der Waals surface area contributed by atoms with Gasteiger partial charge in [0.1, 0.15) is 0 Å². The summed E-state index contributed by atoms with van der Waals surface area (Å²) in [5, 5.41) is 7.44. The van der Waals surface area contributed by atoms with E-state index in [2.05, 4.69) is 51.6 Å². The van der Waals surface area contributed by atoms with E-state index in [4.69, 9.17) is 12.2 Å². The Morgan fingerprint density at radius 3 is 2.62 bits per heavy atom. The number of thiocarbonyl (C=S) groups is 1. The lowest BCUT2D eigenvalue weighted by Gasteiger charge is -2.50. The summed E-state index contributed by atoms with van der Waals surface area (Å²) in [6.45, 7) is 5.83. The number of piperidine rings is 3. The van der Waals surface area contributed by atoms with E-state index in [-0.39, 0.29) is 0 Å². The molecule has 0 aliphatic carbocycles. The molecule has 0 amide bonds. The van der Waals surface area contributed by atoms with Gasteiger partial charge in [-0.3, -0.25) is 4.90 Å². The average Bonchev–Trinajstić information content (AvgIpc) is 2.60. The summed E-state index contributed by atoms with van der Waals surface area (Å²) >= 11 is 5.47. The molecule has 3 fully saturated rings. The monoisotopic (exact) mass is 346 g/mol. The van der Waals surface area contributed by atoms with Gasteiger partial charge in [0.05, 0.1) is 0 Å². The highest BCUT2D eigenvalue weighted by Gasteiger charge is 2.38. The molecule has 4 nitrogen and oxygen atoms in total. The summed E-state index contributed by atoms with van der Waals surface area (Å²) in [6, 6.07) is 8.98. The lowest BCUT2D eigenvalue weighted by atomic mass is 9.74. The van der Waals surface area contributed by atoms with Crippen LogP contribution in [0.1, 0.15) is 26.2 Å². The second-order valence-corrected chi connectivity index (χ2v) is 7.79. The first-order valence-electron chi connectivity index (χ1n) is 9.13. The molecule has 4 atom stereocenters. The molecule has 1 unspecified atom stereocenters. The van der Waals surface area contributed by atoms with Crippen LogP contribution in [0.4, 0.5) is 11.4 Å². The van der Waals surface area contributed by atoms with Crippen molar-refractivity contribution in [3.05, 3.63) is 24.3 Å². The Morgan fingerprint density at radius 1 is 1.29 bits per heavy atom. The number of hydrogen-bond acceptors (Lipinski definition) is 3. The van der Waals surface area contributed by atoms with E-state index >= 15 is 0 Å². The fourth-order valence-corrected chi connectivity index (χ4v) is 4.35. The fourth-order valence-electron chi connectivity index (χ4n) is 4.15. The number of nitrogens with one attached hydrogen (secondary N) is 2. The van der Waals surface area contributed by atoms with E-state index in [9.17, 15) is 0 Å². The minimum Gasteiger partial charge on any atom is -0.378 e. The standard InChI is InChI=1S/C19H30N4S/c1-4-14-13-23-10-9-15(14)11-18(23)12-20-19(24)21-16-5-7-17(8-6-16)22(2)3/h5-8,14-15,18H,4,9-13H2,1-3H3,(H2,20,21,24)/t14-,15+,18-/m1/s1. The van der Waals surface area contributed by atoms with Crippen LogP contribution < -0.4 is 15.5 Å². The molecule has 4 rings (SSSR count). The molecule has 3 aliphatic heterocycles. The first-order chi connectivity index (χ1) is 11.6. The van der Waals surface area contributed by atoms with Gasteiger partial charge in [0.15, 0.2) is 5.11 Å². The number of fused-ring (bicyclic) bond motifs is 3. The predicted octanol–water partition coefficient (Wildman–Crippen LogP) is 3.16. The van der Waals surface area contributed by atoms with Crippen molar-refractivity contribution >= 4 is 28.7 Å². The van der Waals surface area contributed by atoms with Gasteiger partial charge in [-0.25, -0.2) is 0 Å². The van der Waals surface area contributed by atoms with E-state index in [1.807, 2.05) is 14.1 Å². The third-order valence-corrected chi connectivity index (χ3v) is 5.92. The largest absolute Gasteiger partial charge is 0.378 e. The summed E-state index contributed by atoms with van der Waals surface area (Å²) in [6.07, 6.45) is 4.03. The second kappa shape index (κ2) is 7.70. The SMILES string of the molecule is CC[C@@H]1CN2CC[C@H]1C[C@@H]2CNC(=S)Nc1ccc(N(C)C)cc1. The van der Waals surface area contributed by atoms with E-state index in [1.54, 1.807) is 0 Å². The zero-order chi connectivity index (χ0) is 17.1. The zero-order valence-corrected chi connectivity index (χ0v) is 15.9. The Hall–Kier alpha value is -1.33. The third-order valence-electron chi connectivity index (χ3n) is 5.68. The Balaban J connectivity index is 1.46. The molecular weight excluding hydrogens is 316 g/mol. The molecule has 0 spiro atoms. The van der Waals surface area contributed by atoms with Crippen LogP contribution in [0.25, 0.3) is 0 Å². The van der Waals surface area contributed by atoms with Crippen molar-refractivity contribution in [3.63, 3.8) is 0 Å². The number of hydrogen-bond donors (Lipinski definition) is 2. The molecule has 0 radical (unpaired) electrons. The molecule has 2 bridgehead atoms. The fraction of sp³-hybridized carbons (Fsp3) is 0.632. The summed E-state index contributed by atoms with van der Waals surface area (Å²) < 4.78 is 0. The first kappa shape index (κ1) is 17.5. The van der Waals surface area contributed by atoms with Crippen molar-refractivity contribution in [2.75, 3.05) is 43.9 Å². The van der Waals surface area contributed by atoms with Crippen molar-refractivity contribution in [2.24, 2.45) is 11.8 Å². The van der Waals surface area contributed by atoms with Gasteiger partial charge in [-0.05, 0) is 67.7 Å². The predicted molar refractivity (Wildman–Crippen MR) is 107 cm³/mol. The summed E-state index contributed by atoms with van der Waals surface area (Å²) in [4.78, 5) is 4.76. The quantitative estimate of drug-likeness (QED) is 0.800.